The van der Waals surface area contributed by atoms with E-state index in [4.69, 9.17) is 0 Å². The van der Waals surface area contributed by atoms with Crippen molar-refractivity contribution in [1.82, 2.24) is 4.57 Å². The first-order chi connectivity index (χ1) is 22.7. The molecule has 0 atom stereocenters. The Kier molecular flexibility index (Phi) is 6.97. The number of benzene rings is 7. The van der Waals surface area contributed by atoms with Gasteiger partial charge in [0.25, 0.3) is 5.56 Å². The van der Waals surface area contributed by atoms with Crippen molar-refractivity contribution >= 4 is 38.7 Å². The van der Waals surface area contributed by atoms with Crippen LogP contribution in [0.4, 0.5) is 17.1 Å². The van der Waals surface area contributed by atoms with E-state index in [0.29, 0.717) is 5.39 Å². The number of hydrogen-bond acceptors (Lipinski definition) is 2. The molecule has 0 aliphatic rings. The fraction of sp³-hybridized carbons (Fsp3) is 0. The van der Waals surface area contributed by atoms with Crippen LogP contribution < -0.4 is 10.5 Å². The monoisotopic (exact) mass is 590 g/mol. The third-order valence-electron chi connectivity index (χ3n) is 8.61. The Morgan fingerprint density at radius 2 is 0.826 bits per heavy atom. The van der Waals surface area contributed by atoms with Crippen LogP contribution in [0, 0.1) is 0 Å². The highest BCUT2D eigenvalue weighted by Crippen LogP contribution is 2.36. The Balaban J connectivity index is 1.18. The Morgan fingerprint density at radius 1 is 0.370 bits per heavy atom. The van der Waals surface area contributed by atoms with Gasteiger partial charge in [-0.3, -0.25) is 9.36 Å². The molecule has 8 aromatic rings. The first kappa shape index (κ1) is 27.4. The summed E-state index contributed by atoms with van der Waals surface area (Å²) in [7, 11) is 0. The van der Waals surface area contributed by atoms with Crippen molar-refractivity contribution in [2.45, 2.75) is 0 Å². The van der Waals surface area contributed by atoms with Crippen LogP contribution in [-0.2, 0) is 0 Å². The predicted octanol–water partition coefficient (Wildman–Crippen LogP) is 10.9. The fourth-order valence-corrected chi connectivity index (χ4v) is 6.35. The minimum absolute atomic E-state index is 0.0189. The first-order valence-electron chi connectivity index (χ1n) is 15.5. The maximum absolute atomic E-state index is 13.9. The second-order valence-electron chi connectivity index (χ2n) is 11.4. The van der Waals surface area contributed by atoms with Crippen molar-refractivity contribution in [3.05, 3.63) is 192 Å². The van der Waals surface area contributed by atoms with Crippen LogP contribution in [0.2, 0.25) is 0 Å². The summed E-state index contributed by atoms with van der Waals surface area (Å²) in [6, 6.07) is 62.4. The number of pyridine rings is 1. The van der Waals surface area contributed by atoms with Crippen LogP contribution >= 0.6 is 0 Å². The molecule has 0 spiro atoms. The van der Waals surface area contributed by atoms with Crippen molar-refractivity contribution in [3.63, 3.8) is 0 Å². The topological polar surface area (TPSA) is 25.2 Å². The third kappa shape index (κ3) is 4.94. The molecule has 0 radical (unpaired) electrons. The average molecular weight is 591 g/mol. The van der Waals surface area contributed by atoms with Crippen molar-refractivity contribution in [1.29, 1.82) is 0 Å². The van der Waals surface area contributed by atoms with Gasteiger partial charge in [0.1, 0.15) is 0 Å². The summed E-state index contributed by atoms with van der Waals surface area (Å²) in [5.74, 6) is 0. The van der Waals surface area contributed by atoms with Gasteiger partial charge in [0, 0.05) is 33.5 Å². The van der Waals surface area contributed by atoms with Crippen LogP contribution in [0.5, 0.6) is 0 Å². The summed E-state index contributed by atoms with van der Waals surface area (Å²) in [6.45, 7) is 0. The Morgan fingerprint density at radius 3 is 1.43 bits per heavy atom. The number of aromatic nitrogens is 1. The molecule has 0 aliphatic carbocycles. The van der Waals surface area contributed by atoms with Gasteiger partial charge in [0.15, 0.2) is 0 Å². The smallest absolute Gasteiger partial charge is 0.263 e. The lowest BCUT2D eigenvalue weighted by Gasteiger charge is -2.25. The molecular weight excluding hydrogens is 560 g/mol. The van der Waals surface area contributed by atoms with Gasteiger partial charge in [-0.1, -0.05) is 115 Å². The zero-order chi connectivity index (χ0) is 30.9. The molecule has 0 amide bonds. The quantitative estimate of drug-likeness (QED) is 0.180. The van der Waals surface area contributed by atoms with Crippen LogP contribution in [0.1, 0.15) is 0 Å². The van der Waals surface area contributed by atoms with Gasteiger partial charge in [-0.25, -0.2) is 0 Å². The summed E-state index contributed by atoms with van der Waals surface area (Å²) in [5.41, 5.74) is 9.49. The zero-order valence-electron chi connectivity index (χ0n) is 25.1. The van der Waals surface area contributed by atoms with Crippen molar-refractivity contribution in [2.75, 3.05) is 4.90 Å². The summed E-state index contributed by atoms with van der Waals surface area (Å²) in [4.78, 5) is 16.2. The lowest BCUT2D eigenvalue weighted by atomic mass is 9.99. The molecule has 3 heteroatoms. The minimum atomic E-state index is -0.0189. The van der Waals surface area contributed by atoms with Crippen molar-refractivity contribution in [2.24, 2.45) is 0 Å². The molecule has 218 valence electrons. The second-order valence-corrected chi connectivity index (χ2v) is 11.4. The number of fused-ring (bicyclic) bond motifs is 3. The van der Waals surface area contributed by atoms with Crippen LogP contribution in [-0.4, -0.2) is 4.57 Å². The predicted molar refractivity (Wildman–Crippen MR) is 193 cm³/mol. The zero-order valence-corrected chi connectivity index (χ0v) is 25.1. The third-order valence-corrected chi connectivity index (χ3v) is 8.61. The molecule has 46 heavy (non-hydrogen) atoms. The van der Waals surface area contributed by atoms with E-state index >= 15 is 0 Å². The summed E-state index contributed by atoms with van der Waals surface area (Å²) < 4.78 is 1.84. The lowest BCUT2D eigenvalue weighted by Crippen LogP contribution is -2.19. The number of rotatable bonds is 6. The van der Waals surface area contributed by atoms with Crippen molar-refractivity contribution < 1.29 is 0 Å². The van der Waals surface area contributed by atoms with E-state index < -0.39 is 0 Å². The standard InChI is InChI=1S/C43H30N2O/c46-43-40-19-11-10-18-39(40)41-30-34(31-12-4-1-5-13-31)24-29-42(41)45(43)38-27-22-33(23-28-38)32-20-25-37(26-21-32)44(35-14-6-2-7-15-35)36-16-8-3-9-17-36/h1-30H. The Bertz CT molecular complexity index is 2310. The normalized spacial score (nSPS) is 11.1. The van der Waals surface area contributed by atoms with E-state index in [1.54, 1.807) is 0 Å². The van der Waals surface area contributed by atoms with Crippen LogP contribution in [0.15, 0.2) is 187 Å². The number of para-hydroxylation sites is 2. The molecule has 7 aromatic carbocycles. The molecule has 0 bridgehead atoms. The fourth-order valence-electron chi connectivity index (χ4n) is 6.35. The molecule has 0 N–H and O–H groups in total. The van der Waals surface area contributed by atoms with Gasteiger partial charge in [-0.15, -0.1) is 0 Å². The largest absolute Gasteiger partial charge is 0.311 e. The van der Waals surface area contributed by atoms with Crippen LogP contribution in [0.25, 0.3) is 49.6 Å². The van der Waals surface area contributed by atoms with Gasteiger partial charge < -0.3 is 4.90 Å². The number of hydrogen-bond donors (Lipinski definition) is 0. The summed E-state index contributed by atoms with van der Waals surface area (Å²) in [6.07, 6.45) is 0. The van der Waals surface area contributed by atoms with Gasteiger partial charge in [0.2, 0.25) is 0 Å². The van der Waals surface area contributed by atoms with Gasteiger partial charge in [0.05, 0.1) is 5.52 Å². The van der Waals surface area contributed by atoms with Gasteiger partial charge >= 0.3 is 0 Å². The van der Waals surface area contributed by atoms with E-state index in [1.165, 1.54) is 0 Å². The second kappa shape index (κ2) is 11.7. The minimum Gasteiger partial charge on any atom is -0.311 e. The van der Waals surface area contributed by atoms with Crippen molar-refractivity contribution in [3.8, 4) is 27.9 Å². The first-order valence-corrected chi connectivity index (χ1v) is 15.5. The molecule has 0 fully saturated rings. The van der Waals surface area contributed by atoms with E-state index in [0.717, 1.165) is 61.3 Å². The lowest BCUT2D eigenvalue weighted by molar-refractivity contribution is 1.06. The summed E-state index contributed by atoms with van der Waals surface area (Å²) >= 11 is 0. The van der Waals surface area contributed by atoms with E-state index in [9.17, 15) is 4.79 Å². The van der Waals surface area contributed by atoms with E-state index in [1.807, 2.05) is 59.2 Å². The molecule has 1 heterocycles. The molecule has 0 aliphatic heterocycles. The molecule has 1 aromatic heterocycles. The highest BCUT2D eigenvalue weighted by molar-refractivity contribution is 6.07. The van der Waals surface area contributed by atoms with Gasteiger partial charge in [-0.2, -0.15) is 0 Å². The SMILES string of the molecule is O=c1c2ccccc2c2cc(-c3ccccc3)ccc2n1-c1ccc(-c2ccc(N(c3ccccc3)c3ccccc3)cc2)cc1. The highest BCUT2D eigenvalue weighted by atomic mass is 16.1. The number of nitrogens with zero attached hydrogens (tertiary/aromatic N) is 2. The molecule has 3 nitrogen and oxygen atoms in total. The van der Waals surface area contributed by atoms with Crippen LogP contribution in [0.3, 0.4) is 0 Å². The Labute approximate surface area is 267 Å². The molecular formula is C43H30N2O. The summed E-state index contributed by atoms with van der Waals surface area (Å²) in [5, 5.41) is 2.73. The maximum Gasteiger partial charge on any atom is 0.263 e. The highest BCUT2D eigenvalue weighted by Gasteiger charge is 2.15. The van der Waals surface area contributed by atoms with Gasteiger partial charge in [-0.05, 0) is 94.4 Å². The molecule has 0 saturated heterocycles. The Hall–Kier alpha value is -6.19. The molecule has 0 unspecified atom stereocenters. The average Bonchev–Trinajstić information content (AvgIpc) is 3.14. The maximum atomic E-state index is 13.9. The van der Waals surface area contributed by atoms with E-state index in [2.05, 4.69) is 132 Å². The molecule has 8 rings (SSSR count). The molecule has 0 saturated carbocycles. The van der Waals surface area contributed by atoms with E-state index in [-0.39, 0.29) is 5.56 Å². The number of anilines is 3.